The van der Waals surface area contributed by atoms with Crippen LogP contribution in [0, 0.1) is 11.2 Å². The van der Waals surface area contributed by atoms with E-state index in [2.05, 4.69) is 20.5 Å². The van der Waals surface area contributed by atoms with Crippen molar-refractivity contribution < 1.29 is 13.9 Å². The molecule has 2 aliphatic heterocycles. The van der Waals surface area contributed by atoms with Crippen molar-refractivity contribution in [1.82, 2.24) is 15.5 Å². The number of ether oxygens (including phenoxy) is 1. The smallest absolute Gasteiger partial charge is 0.220 e. The fraction of sp³-hybridized carbons (Fsp3) is 0.579. The molecule has 0 radical (unpaired) electrons. The molecule has 0 aliphatic carbocycles. The van der Waals surface area contributed by atoms with E-state index < -0.39 is 0 Å². The Kier molecular flexibility index (Phi) is 5.96. The number of nitrogens with one attached hydrogen (secondary N) is 2. The molecule has 7 heteroatoms. The van der Waals surface area contributed by atoms with Gasteiger partial charge < -0.3 is 20.3 Å². The summed E-state index contributed by atoms with van der Waals surface area (Å²) in [6.45, 7) is 6.33. The molecule has 0 saturated carbocycles. The molecule has 26 heavy (non-hydrogen) atoms. The highest BCUT2D eigenvalue weighted by atomic mass is 19.1. The standard InChI is InChI=1S/C19H27FN4O2/c1-2-21-18(22-9-11-26-16-6-4-15(20)5-7-16)24-10-3-8-19(14-24)12-17(25)23-13-19/h4-7H,2-3,8-14H2,1H3,(H,21,22)(H,23,25). The predicted molar refractivity (Wildman–Crippen MR) is 98.7 cm³/mol. The van der Waals surface area contributed by atoms with Crippen molar-refractivity contribution in [3.8, 4) is 5.75 Å². The minimum absolute atomic E-state index is 0.0378. The number of aliphatic imine (C=N–C) groups is 1. The Morgan fingerprint density at radius 2 is 2.23 bits per heavy atom. The lowest BCUT2D eigenvalue weighted by molar-refractivity contribution is -0.119. The van der Waals surface area contributed by atoms with Gasteiger partial charge >= 0.3 is 0 Å². The number of carbonyl (C=O) groups is 1. The first-order valence-corrected chi connectivity index (χ1v) is 9.29. The maximum atomic E-state index is 12.9. The van der Waals surface area contributed by atoms with Gasteiger partial charge in [-0.3, -0.25) is 4.79 Å². The summed E-state index contributed by atoms with van der Waals surface area (Å²) in [5.74, 6) is 1.39. The average molecular weight is 362 g/mol. The molecule has 2 aliphatic rings. The van der Waals surface area contributed by atoms with Crippen LogP contribution in [0.25, 0.3) is 0 Å². The van der Waals surface area contributed by atoms with Gasteiger partial charge in [0.2, 0.25) is 5.91 Å². The number of hydrogen-bond acceptors (Lipinski definition) is 3. The van der Waals surface area contributed by atoms with Crippen LogP contribution in [0.4, 0.5) is 4.39 Å². The van der Waals surface area contributed by atoms with Crippen molar-refractivity contribution in [2.45, 2.75) is 26.2 Å². The molecule has 1 unspecified atom stereocenters. The first-order valence-electron chi connectivity index (χ1n) is 9.29. The van der Waals surface area contributed by atoms with E-state index in [1.54, 1.807) is 12.1 Å². The Labute approximate surface area is 153 Å². The van der Waals surface area contributed by atoms with E-state index in [0.29, 0.717) is 25.3 Å². The third-order valence-electron chi connectivity index (χ3n) is 4.93. The van der Waals surface area contributed by atoms with Gasteiger partial charge in [-0.1, -0.05) is 0 Å². The van der Waals surface area contributed by atoms with E-state index >= 15 is 0 Å². The van der Waals surface area contributed by atoms with Crippen LogP contribution in [0.15, 0.2) is 29.3 Å². The number of hydrogen-bond donors (Lipinski definition) is 2. The number of halogens is 1. The molecular formula is C19H27FN4O2. The highest BCUT2D eigenvalue weighted by Gasteiger charge is 2.42. The second-order valence-electron chi connectivity index (χ2n) is 7.02. The fourth-order valence-electron chi connectivity index (χ4n) is 3.70. The van der Waals surface area contributed by atoms with Crippen molar-refractivity contribution in [2.24, 2.45) is 10.4 Å². The van der Waals surface area contributed by atoms with Crippen LogP contribution in [0.1, 0.15) is 26.2 Å². The Bertz CT molecular complexity index is 649. The molecule has 0 bridgehead atoms. The second kappa shape index (κ2) is 8.38. The lowest BCUT2D eigenvalue weighted by Gasteiger charge is -2.40. The van der Waals surface area contributed by atoms with E-state index in [0.717, 1.165) is 45.0 Å². The van der Waals surface area contributed by atoms with Gasteiger partial charge in [-0.2, -0.15) is 0 Å². The monoisotopic (exact) mass is 362 g/mol. The third kappa shape index (κ3) is 4.65. The van der Waals surface area contributed by atoms with Crippen LogP contribution < -0.4 is 15.4 Å². The summed E-state index contributed by atoms with van der Waals surface area (Å²) in [7, 11) is 0. The van der Waals surface area contributed by atoms with Gasteiger partial charge in [0.25, 0.3) is 0 Å². The molecule has 2 N–H and O–H groups in total. The summed E-state index contributed by atoms with van der Waals surface area (Å²) in [6.07, 6.45) is 2.75. The van der Waals surface area contributed by atoms with Crippen LogP contribution in [0.5, 0.6) is 5.75 Å². The predicted octanol–water partition coefficient (Wildman–Crippen LogP) is 1.77. The van der Waals surface area contributed by atoms with Crippen molar-refractivity contribution >= 4 is 11.9 Å². The zero-order valence-corrected chi connectivity index (χ0v) is 15.3. The summed E-state index contributed by atoms with van der Waals surface area (Å²) in [4.78, 5) is 18.6. The van der Waals surface area contributed by atoms with Crippen LogP contribution in [-0.4, -0.2) is 56.1 Å². The van der Waals surface area contributed by atoms with E-state index in [-0.39, 0.29) is 17.1 Å². The Balaban J connectivity index is 1.56. The van der Waals surface area contributed by atoms with Gasteiger partial charge in [-0.25, -0.2) is 9.38 Å². The third-order valence-corrected chi connectivity index (χ3v) is 4.93. The maximum Gasteiger partial charge on any atom is 0.220 e. The van der Waals surface area contributed by atoms with Crippen LogP contribution in [-0.2, 0) is 4.79 Å². The maximum absolute atomic E-state index is 12.9. The van der Waals surface area contributed by atoms with E-state index in [4.69, 9.17) is 4.74 Å². The minimum Gasteiger partial charge on any atom is -0.492 e. The van der Waals surface area contributed by atoms with Crippen molar-refractivity contribution in [3.63, 3.8) is 0 Å². The van der Waals surface area contributed by atoms with E-state index in [1.165, 1.54) is 12.1 Å². The lowest BCUT2D eigenvalue weighted by atomic mass is 9.79. The van der Waals surface area contributed by atoms with Gasteiger partial charge in [0, 0.05) is 38.0 Å². The number of amides is 1. The molecule has 2 fully saturated rings. The van der Waals surface area contributed by atoms with Gasteiger partial charge in [0.1, 0.15) is 18.2 Å². The Hall–Kier alpha value is -2.31. The molecule has 1 amide bonds. The number of nitrogens with zero attached hydrogens (tertiary/aromatic N) is 2. The van der Waals surface area contributed by atoms with Gasteiger partial charge in [-0.05, 0) is 44.0 Å². The molecule has 0 aromatic heterocycles. The number of carbonyl (C=O) groups excluding carboxylic acids is 1. The Morgan fingerprint density at radius 1 is 1.42 bits per heavy atom. The van der Waals surface area contributed by atoms with Crippen LogP contribution in [0.2, 0.25) is 0 Å². The summed E-state index contributed by atoms with van der Waals surface area (Å²) in [5.41, 5.74) is 0.0378. The van der Waals surface area contributed by atoms with Crippen LogP contribution >= 0.6 is 0 Å². The van der Waals surface area contributed by atoms with Gasteiger partial charge in [0.15, 0.2) is 5.96 Å². The largest absolute Gasteiger partial charge is 0.492 e. The number of rotatable bonds is 5. The SMILES string of the molecule is CCNC(=NCCOc1ccc(F)cc1)N1CCCC2(CNC(=O)C2)C1. The highest BCUT2D eigenvalue weighted by molar-refractivity contribution is 5.81. The lowest BCUT2D eigenvalue weighted by Crippen LogP contribution is -2.51. The number of likely N-dealkylation sites (tertiary alicyclic amines) is 1. The van der Waals surface area contributed by atoms with Gasteiger partial charge in [-0.15, -0.1) is 0 Å². The number of guanidine groups is 1. The zero-order valence-electron chi connectivity index (χ0n) is 15.3. The topological polar surface area (TPSA) is 66.0 Å². The van der Waals surface area contributed by atoms with Crippen molar-refractivity contribution in [3.05, 3.63) is 30.1 Å². The molecule has 1 aromatic rings. The molecule has 1 atom stereocenters. The molecule has 2 saturated heterocycles. The first kappa shape index (κ1) is 18.5. The minimum atomic E-state index is -0.274. The zero-order chi connectivity index (χ0) is 18.4. The number of piperidine rings is 1. The van der Waals surface area contributed by atoms with Crippen molar-refractivity contribution in [1.29, 1.82) is 0 Å². The van der Waals surface area contributed by atoms with E-state index in [9.17, 15) is 9.18 Å². The van der Waals surface area contributed by atoms with Crippen molar-refractivity contribution in [2.75, 3.05) is 39.3 Å². The molecule has 142 valence electrons. The summed E-state index contributed by atoms with van der Waals surface area (Å²) >= 11 is 0. The molecule has 1 spiro atoms. The molecule has 2 heterocycles. The molecule has 3 rings (SSSR count). The second-order valence-corrected chi connectivity index (χ2v) is 7.02. The quantitative estimate of drug-likeness (QED) is 0.476. The van der Waals surface area contributed by atoms with E-state index in [1.807, 2.05) is 6.92 Å². The summed E-state index contributed by atoms with van der Waals surface area (Å²) in [5, 5.41) is 6.31. The summed E-state index contributed by atoms with van der Waals surface area (Å²) in [6, 6.07) is 5.99. The fourth-order valence-corrected chi connectivity index (χ4v) is 3.70. The molecular weight excluding hydrogens is 335 g/mol. The summed E-state index contributed by atoms with van der Waals surface area (Å²) < 4.78 is 18.5. The van der Waals surface area contributed by atoms with Crippen LogP contribution in [0.3, 0.4) is 0 Å². The highest BCUT2D eigenvalue weighted by Crippen LogP contribution is 2.35. The first-order chi connectivity index (χ1) is 12.6. The number of benzene rings is 1. The van der Waals surface area contributed by atoms with Gasteiger partial charge in [0.05, 0.1) is 6.54 Å². The normalized spacial score (nSPS) is 23.2. The molecule has 1 aromatic carbocycles. The Morgan fingerprint density at radius 3 is 2.92 bits per heavy atom. The molecule has 6 nitrogen and oxygen atoms in total. The average Bonchev–Trinajstić information content (AvgIpc) is 2.99.